The molecular weight excluding hydrogens is 304 g/mol. The average molecular weight is 332 g/mol. The van der Waals surface area contributed by atoms with Gasteiger partial charge in [0.1, 0.15) is 0 Å². The first-order chi connectivity index (χ1) is 11.6. The van der Waals surface area contributed by atoms with Gasteiger partial charge in [-0.3, -0.25) is 15.1 Å². The van der Waals surface area contributed by atoms with E-state index in [0.29, 0.717) is 0 Å². The summed E-state index contributed by atoms with van der Waals surface area (Å²) < 4.78 is 0. The number of likely N-dealkylation sites (tertiary alicyclic amines) is 1. The van der Waals surface area contributed by atoms with Gasteiger partial charge in [-0.2, -0.15) is 0 Å². The fraction of sp³-hybridized carbons (Fsp3) is 0.611. The van der Waals surface area contributed by atoms with Gasteiger partial charge >= 0.3 is 0 Å². The zero-order chi connectivity index (χ0) is 17.4. The van der Waals surface area contributed by atoms with E-state index in [0.717, 1.165) is 56.3 Å². The third kappa shape index (κ3) is 5.51. The van der Waals surface area contributed by atoms with Crippen molar-refractivity contribution >= 4 is 11.6 Å². The minimum Gasteiger partial charge on any atom is -0.356 e. The van der Waals surface area contributed by atoms with Crippen molar-refractivity contribution in [1.29, 1.82) is 0 Å². The first-order valence-electron chi connectivity index (χ1n) is 8.79. The summed E-state index contributed by atoms with van der Waals surface area (Å²) in [4.78, 5) is 17.0. The molecule has 0 bridgehead atoms. The minimum atomic E-state index is -0.360. The van der Waals surface area contributed by atoms with Gasteiger partial charge in [-0.1, -0.05) is 19.1 Å². The first-order valence-corrected chi connectivity index (χ1v) is 8.79. The first kappa shape index (κ1) is 18.2. The summed E-state index contributed by atoms with van der Waals surface area (Å²) in [7, 11) is 1.84. The second kappa shape index (κ2) is 9.25. The van der Waals surface area contributed by atoms with E-state index >= 15 is 0 Å². The molecule has 0 spiro atoms. The summed E-state index contributed by atoms with van der Waals surface area (Å²) in [5.74, 6) is 1.83. The summed E-state index contributed by atoms with van der Waals surface area (Å²) in [6, 6.07) is 6.85. The van der Waals surface area contributed by atoms with Crippen LogP contribution in [0.5, 0.6) is 0 Å². The second-order valence-electron chi connectivity index (χ2n) is 6.52. The predicted molar refractivity (Wildman–Crippen MR) is 97.4 cm³/mol. The standard InChI is InChI=1S/C18H28N4O2/c1-15-10-13-21(14-11-15)18(19-2)20-12-4-3-5-16-6-8-17(9-7-16)22(23)24/h6-9,15H,3-5,10-14H2,1-2H3,(H,19,20). The van der Waals surface area contributed by atoms with E-state index in [9.17, 15) is 10.1 Å². The van der Waals surface area contributed by atoms with Gasteiger partial charge in [0.2, 0.25) is 0 Å². The highest BCUT2D eigenvalue weighted by atomic mass is 16.6. The Bertz CT molecular complexity index is 549. The molecule has 0 amide bonds. The zero-order valence-corrected chi connectivity index (χ0v) is 14.7. The predicted octanol–water partition coefficient (Wildman–Crippen LogP) is 3.22. The van der Waals surface area contributed by atoms with E-state index in [1.807, 2.05) is 19.2 Å². The summed E-state index contributed by atoms with van der Waals surface area (Å²) in [6.07, 6.45) is 5.53. The van der Waals surface area contributed by atoms with Crippen LogP contribution in [-0.2, 0) is 6.42 Å². The number of nitro benzene ring substituents is 1. The number of hydrogen-bond donors (Lipinski definition) is 1. The average Bonchev–Trinajstić information content (AvgIpc) is 2.59. The molecule has 0 saturated carbocycles. The number of nitro groups is 1. The van der Waals surface area contributed by atoms with Gasteiger partial charge in [-0.05, 0) is 43.6 Å². The van der Waals surface area contributed by atoms with Crippen LogP contribution in [0.4, 0.5) is 5.69 Å². The highest BCUT2D eigenvalue weighted by molar-refractivity contribution is 5.79. The molecule has 132 valence electrons. The van der Waals surface area contributed by atoms with Crippen LogP contribution >= 0.6 is 0 Å². The van der Waals surface area contributed by atoms with E-state index < -0.39 is 0 Å². The lowest BCUT2D eigenvalue weighted by Gasteiger charge is -2.32. The number of aryl methyl sites for hydroxylation is 1. The van der Waals surface area contributed by atoms with Crippen LogP contribution in [0, 0.1) is 16.0 Å². The topological polar surface area (TPSA) is 70.8 Å². The SMILES string of the molecule is CN=C(NCCCCc1ccc([N+](=O)[O-])cc1)N1CCC(C)CC1. The lowest BCUT2D eigenvalue weighted by molar-refractivity contribution is -0.384. The van der Waals surface area contributed by atoms with Crippen LogP contribution in [0.25, 0.3) is 0 Å². The largest absolute Gasteiger partial charge is 0.356 e. The van der Waals surface area contributed by atoms with Crippen LogP contribution in [0.3, 0.4) is 0 Å². The Morgan fingerprint density at radius 2 is 1.96 bits per heavy atom. The quantitative estimate of drug-likeness (QED) is 0.285. The molecule has 1 heterocycles. The summed E-state index contributed by atoms with van der Waals surface area (Å²) in [6.45, 7) is 5.39. The zero-order valence-electron chi connectivity index (χ0n) is 14.7. The number of guanidine groups is 1. The van der Waals surface area contributed by atoms with Crippen molar-refractivity contribution < 1.29 is 4.92 Å². The fourth-order valence-electron chi connectivity index (χ4n) is 2.99. The van der Waals surface area contributed by atoms with Crippen molar-refractivity contribution in [1.82, 2.24) is 10.2 Å². The van der Waals surface area contributed by atoms with E-state index in [-0.39, 0.29) is 10.6 Å². The van der Waals surface area contributed by atoms with Gasteiger partial charge in [-0.15, -0.1) is 0 Å². The summed E-state index contributed by atoms with van der Waals surface area (Å²) in [5.41, 5.74) is 1.30. The normalized spacial score (nSPS) is 16.2. The van der Waals surface area contributed by atoms with Gasteiger partial charge in [0, 0.05) is 38.8 Å². The lowest BCUT2D eigenvalue weighted by Crippen LogP contribution is -2.45. The number of nitrogens with one attached hydrogen (secondary N) is 1. The van der Waals surface area contributed by atoms with Crippen LogP contribution in [-0.4, -0.2) is 42.5 Å². The number of non-ortho nitro benzene ring substituents is 1. The molecule has 0 aromatic heterocycles. The second-order valence-corrected chi connectivity index (χ2v) is 6.52. The Hall–Kier alpha value is -2.11. The third-order valence-corrected chi connectivity index (χ3v) is 4.62. The van der Waals surface area contributed by atoms with Gasteiger partial charge in [0.15, 0.2) is 5.96 Å². The van der Waals surface area contributed by atoms with Crippen LogP contribution in [0.15, 0.2) is 29.3 Å². The van der Waals surface area contributed by atoms with Crippen molar-refractivity contribution in [3.05, 3.63) is 39.9 Å². The third-order valence-electron chi connectivity index (χ3n) is 4.62. The van der Waals surface area contributed by atoms with Crippen LogP contribution in [0.1, 0.15) is 38.2 Å². The van der Waals surface area contributed by atoms with Gasteiger partial charge in [-0.25, -0.2) is 0 Å². The number of rotatable bonds is 6. The molecule has 24 heavy (non-hydrogen) atoms. The van der Waals surface area contributed by atoms with Crippen molar-refractivity contribution in [3.63, 3.8) is 0 Å². The van der Waals surface area contributed by atoms with Crippen molar-refractivity contribution in [2.75, 3.05) is 26.7 Å². The summed E-state index contributed by atoms with van der Waals surface area (Å²) >= 11 is 0. The molecule has 6 heteroatoms. The van der Waals surface area contributed by atoms with Gasteiger partial charge in [0.05, 0.1) is 4.92 Å². The lowest BCUT2D eigenvalue weighted by atomic mass is 10.00. The molecule has 1 N–H and O–H groups in total. The molecule has 0 atom stereocenters. The number of hydrogen-bond acceptors (Lipinski definition) is 3. The molecule has 1 aliphatic heterocycles. The van der Waals surface area contributed by atoms with E-state index in [2.05, 4.69) is 22.1 Å². The Morgan fingerprint density at radius 3 is 2.54 bits per heavy atom. The molecule has 6 nitrogen and oxygen atoms in total. The number of benzene rings is 1. The molecule has 2 rings (SSSR count). The van der Waals surface area contributed by atoms with E-state index in [4.69, 9.17) is 0 Å². The Morgan fingerprint density at radius 1 is 1.29 bits per heavy atom. The monoisotopic (exact) mass is 332 g/mol. The van der Waals surface area contributed by atoms with Crippen molar-refractivity contribution in [3.8, 4) is 0 Å². The smallest absolute Gasteiger partial charge is 0.269 e. The molecule has 1 fully saturated rings. The maximum atomic E-state index is 10.6. The molecular formula is C18H28N4O2. The molecule has 1 aromatic carbocycles. The Labute approximate surface area is 144 Å². The maximum absolute atomic E-state index is 10.6. The number of unbranched alkanes of at least 4 members (excludes halogenated alkanes) is 1. The van der Waals surface area contributed by atoms with Gasteiger partial charge in [0.25, 0.3) is 5.69 Å². The molecule has 0 radical (unpaired) electrons. The molecule has 0 aliphatic carbocycles. The molecule has 1 aliphatic rings. The van der Waals surface area contributed by atoms with Crippen LogP contribution < -0.4 is 5.32 Å². The minimum absolute atomic E-state index is 0.153. The fourth-order valence-corrected chi connectivity index (χ4v) is 2.99. The molecule has 1 aromatic rings. The van der Waals surface area contributed by atoms with Crippen molar-refractivity contribution in [2.24, 2.45) is 10.9 Å². The highest BCUT2D eigenvalue weighted by Crippen LogP contribution is 2.16. The van der Waals surface area contributed by atoms with E-state index in [1.54, 1.807) is 12.1 Å². The maximum Gasteiger partial charge on any atom is 0.269 e. The number of piperidine rings is 1. The number of aliphatic imine (C=N–C) groups is 1. The van der Waals surface area contributed by atoms with Crippen LogP contribution in [0.2, 0.25) is 0 Å². The van der Waals surface area contributed by atoms with Crippen molar-refractivity contribution in [2.45, 2.75) is 39.0 Å². The molecule has 0 unspecified atom stereocenters. The Kier molecular flexibility index (Phi) is 7.03. The van der Waals surface area contributed by atoms with Gasteiger partial charge < -0.3 is 10.2 Å². The number of nitrogens with zero attached hydrogens (tertiary/aromatic N) is 3. The molecule has 1 saturated heterocycles. The Balaban J connectivity index is 1.65. The van der Waals surface area contributed by atoms with E-state index in [1.165, 1.54) is 12.8 Å². The highest BCUT2D eigenvalue weighted by Gasteiger charge is 2.18. The summed E-state index contributed by atoms with van der Waals surface area (Å²) in [5, 5.41) is 14.1.